The Morgan fingerprint density at radius 2 is 1.33 bits per heavy atom. The lowest BCUT2D eigenvalue weighted by Gasteiger charge is -2.14. The van der Waals surface area contributed by atoms with Gasteiger partial charge in [0.25, 0.3) is 0 Å². The number of carbonyl (C=O) groups excluding carboxylic acids is 1. The molecule has 0 aliphatic heterocycles. The van der Waals surface area contributed by atoms with Crippen molar-refractivity contribution < 1.29 is 4.79 Å². The zero-order chi connectivity index (χ0) is 16.5. The lowest BCUT2D eigenvalue weighted by Crippen LogP contribution is -2.02. The molecule has 1 aliphatic carbocycles. The van der Waals surface area contributed by atoms with Crippen molar-refractivity contribution in [2.24, 2.45) is 0 Å². The van der Waals surface area contributed by atoms with Gasteiger partial charge in [-0.2, -0.15) is 0 Å². The molecule has 0 aromatic heterocycles. The number of benzene rings is 3. The van der Waals surface area contributed by atoms with Crippen LogP contribution in [0.3, 0.4) is 0 Å². The van der Waals surface area contributed by atoms with Crippen molar-refractivity contribution >= 4 is 5.78 Å². The van der Waals surface area contributed by atoms with Gasteiger partial charge in [0.1, 0.15) is 0 Å². The fourth-order valence-corrected chi connectivity index (χ4v) is 3.75. The molecule has 0 saturated carbocycles. The Labute approximate surface area is 143 Å². The summed E-state index contributed by atoms with van der Waals surface area (Å²) in [5, 5.41) is 0. The first-order chi connectivity index (χ1) is 11.8. The number of carbonyl (C=O) groups is 1. The molecule has 4 rings (SSSR count). The first kappa shape index (κ1) is 14.9. The highest BCUT2D eigenvalue weighted by Gasteiger charge is 2.27. The second-order valence-corrected chi connectivity index (χ2v) is 6.40. The van der Waals surface area contributed by atoms with Crippen molar-refractivity contribution in [3.63, 3.8) is 0 Å². The summed E-state index contributed by atoms with van der Waals surface area (Å²) in [4.78, 5) is 11.8. The summed E-state index contributed by atoms with van der Waals surface area (Å²) in [6.45, 7) is 1.91. The summed E-state index contributed by atoms with van der Waals surface area (Å²) < 4.78 is 0. The molecule has 0 N–H and O–H groups in total. The minimum atomic E-state index is 0.207. The van der Waals surface area contributed by atoms with Crippen molar-refractivity contribution in [3.05, 3.63) is 95.1 Å². The predicted octanol–water partition coefficient (Wildman–Crippen LogP) is 5.63. The van der Waals surface area contributed by atoms with Gasteiger partial charge in [0.15, 0.2) is 5.78 Å². The fraction of sp³-hybridized carbons (Fsp3) is 0.174. The Balaban J connectivity index is 1.68. The lowest BCUT2D eigenvalue weighted by atomic mass is 9.90. The summed E-state index contributed by atoms with van der Waals surface area (Å²) in [7, 11) is 0. The van der Waals surface area contributed by atoms with E-state index in [9.17, 15) is 4.79 Å². The predicted molar refractivity (Wildman–Crippen MR) is 98.5 cm³/mol. The molecule has 0 heterocycles. The number of ketones is 1. The van der Waals surface area contributed by atoms with Crippen LogP contribution in [0.1, 0.15) is 46.3 Å². The number of hydrogen-bond donors (Lipinski definition) is 0. The van der Waals surface area contributed by atoms with E-state index < -0.39 is 0 Å². The maximum atomic E-state index is 11.8. The largest absolute Gasteiger partial charge is 0.294 e. The van der Waals surface area contributed by atoms with Gasteiger partial charge in [-0.05, 0) is 34.2 Å². The average molecular weight is 312 g/mol. The van der Waals surface area contributed by atoms with E-state index in [1.807, 2.05) is 19.1 Å². The summed E-state index contributed by atoms with van der Waals surface area (Å²) in [5.74, 6) is 0.600. The second kappa shape index (κ2) is 6.09. The van der Waals surface area contributed by atoms with Crippen molar-refractivity contribution in [1.82, 2.24) is 0 Å². The minimum Gasteiger partial charge on any atom is -0.294 e. The Bertz CT molecular complexity index is 844. The molecular formula is C23H20O. The van der Waals surface area contributed by atoms with E-state index in [0.717, 1.165) is 12.0 Å². The molecular weight excluding hydrogens is 292 g/mol. The Kier molecular flexibility index (Phi) is 3.78. The van der Waals surface area contributed by atoms with Gasteiger partial charge in [-0.15, -0.1) is 0 Å². The van der Waals surface area contributed by atoms with E-state index in [-0.39, 0.29) is 5.78 Å². The molecule has 1 heteroatoms. The van der Waals surface area contributed by atoms with Crippen molar-refractivity contribution in [1.29, 1.82) is 0 Å². The van der Waals surface area contributed by atoms with Crippen molar-refractivity contribution in [2.45, 2.75) is 25.7 Å². The number of Topliss-reactive ketones (excluding diaryl/α,β-unsaturated/α-hetero) is 1. The van der Waals surface area contributed by atoms with Crippen LogP contribution in [-0.4, -0.2) is 5.78 Å². The van der Waals surface area contributed by atoms with Gasteiger partial charge in [-0.25, -0.2) is 0 Å². The number of hydrogen-bond acceptors (Lipinski definition) is 1. The summed E-state index contributed by atoms with van der Waals surface area (Å²) >= 11 is 0. The number of rotatable bonds is 4. The molecule has 0 spiro atoms. The highest BCUT2D eigenvalue weighted by atomic mass is 16.1. The zero-order valence-electron chi connectivity index (χ0n) is 13.8. The van der Waals surface area contributed by atoms with Gasteiger partial charge in [0, 0.05) is 17.9 Å². The average Bonchev–Trinajstić information content (AvgIpc) is 2.96. The molecule has 0 fully saturated rings. The monoisotopic (exact) mass is 312 g/mol. The third-order valence-corrected chi connectivity index (χ3v) is 5.00. The van der Waals surface area contributed by atoms with Gasteiger partial charge in [0.05, 0.1) is 0 Å². The van der Waals surface area contributed by atoms with Crippen LogP contribution in [0.25, 0.3) is 11.1 Å². The van der Waals surface area contributed by atoms with E-state index in [1.54, 1.807) is 0 Å². The SMILES string of the molecule is CCC(=O)c1ccc(CC2c3ccccc3-c3ccccc32)cc1. The quantitative estimate of drug-likeness (QED) is 0.570. The lowest BCUT2D eigenvalue weighted by molar-refractivity contribution is 0.0988. The van der Waals surface area contributed by atoms with Crippen LogP contribution in [-0.2, 0) is 6.42 Å². The summed E-state index contributed by atoms with van der Waals surface area (Å²) in [6.07, 6.45) is 1.53. The molecule has 0 unspecified atom stereocenters. The molecule has 118 valence electrons. The molecule has 24 heavy (non-hydrogen) atoms. The van der Waals surface area contributed by atoms with E-state index in [2.05, 4.69) is 60.7 Å². The first-order valence-electron chi connectivity index (χ1n) is 8.58. The maximum Gasteiger partial charge on any atom is 0.162 e. The number of fused-ring (bicyclic) bond motifs is 3. The molecule has 0 bridgehead atoms. The highest BCUT2D eigenvalue weighted by molar-refractivity contribution is 5.95. The summed E-state index contributed by atoms with van der Waals surface area (Å²) in [6, 6.07) is 25.5. The maximum absolute atomic E-state index is 11.8. The van der Waals surface area contributed by atoms with E-state index in [0.29, 0.717) is 12.3 Å². The normalized spacial score (nSPS) is 12.7. The van der Waals surface area contributed by atoms with Crippen LogP contribution in [0, 0.1) is 0 Å². The van der Waals surface area contributed by atoms with Gasteiger partial charge in [0.2, 0.25) is 0 Å². The van der Waals surface area contributed by atoms with Crippen LogP contribution in [0.2, 0.25) is 0 Å². The van der Waals surface area contributed by atoms with E-state index in [4.69, 9.17) is 0 Å². The minimum absolute atomic E-state index is 0.207. The topological polar surface area (TPSA) is 17.1 Å². The van der Waals surface area contributed by atoms with Gasteiger partial charge < -0.3 is 0 Å². The van der Waals surface area contributed by atoms with Gasteiger partial charge in [-0.1, -0.05) is 79.7 Å². The zero-order valence-corrected chi connectivity index (χ0v) is 13.8. The summed E-state index contributed by atoms with van der Waals surface area (Å²) in [5.41, 5.74) is 7.62. The molecule has 1 nitrogen and oxygen atoms in total. The fourth-order valence-electron chi connectivity index (χ4n) is 3.75. The molecule has 3 aromatic rings. The van der Waals surface area contributed by atoms with Gasteiger partial charge in [-0.3, -0.25) is 4.79 Å². The van der Waals surface area contributed by atoms with Crippen LogP contribution in [0.5, 0.6) is 0 Å². The van der Waals surface area contributed by atoms with Crippen LogP contribution >= 0.6 is 0 Å². The third kappa shape index (κ3) is 2.46. The van der Waals surface area contributed by atoms with Crippen LogP contribution < -0.4 is 0 Å². The molecule has 3 aromatic carbocycles. The molecule has 1 aliphatic rings. The van der Waals surface area contributed by atoms with Gasteiger partial charge >= 0.3 is 0 Å². The molecule has 0 amide bonds. The van der Waals surface area contributed by atoms with Crippen molar-refractivity contribution in [3.8, 4) is 11.1 Å². The first-order valence-corrected chi connectivity index (χ1v) is 8.58. The Morgan fingerprint density at radius 1 is 0.792 bits per heavy atom. The standard InChI is InChI=1S/C23H20O/c1-2-23(24)17-13-11-16(12-14-17)15-22-20-9-5-3-7-18(20)19-8-4-6-10-21(19)22/h3-14,22H,2,15H2,1H3. The molecule has 0 radical (unpaired) electrons. The highest BCUT2D eigenvalue weighted by Crippen LogP contribution is 2.45. The van der Waals surface area contributed by atoms with Crippen LogP contribution in [0.4, 0.5) is 0 Å². The Hall–Kier alpha value is -2.67. The Morgan fingerprint density at radius 3 is 1.88 bits per heavy atom. The smallest absolute Gasteiger partial charge is 0.162 e. The second-order valence-electron chi connectivity index (χ2n) is 6.40. The van der Waals surface area contributed by atoms with Crippen molar-refractivity contribution in [2.75, 3.05) is 0 Å². The third-order valence-electron chi connectivity index (χ3n) is 5.00. The van der Waals surface area contributed by atoms with Crippen LogP contribution in [0.15, 0.2) is 72.8 Å². The molecule has 0 saturated heterocycles. The van der Waals surface area contributed by atoms with E-state index in [1.165, 1.54) is 27.8 Å². The van der Waals surface area contributed by atoms with E-state index >= 15 is 0 Å². The molecule has 0 atom stereocenters.